The predicted molar refractivity (Wildman–Crippen MR) is 57.9 cm³/mol. The van der Waals surface area contributed by atoms with Gasteiger partial charge in [-0.15, -0.1) is 11.3 Å². The molecule has 0 atom stereocenters. The number of aromatic amines is 1. The first-order valence-electron chi connectivity index (χ1n) is 4.56. The molecule has 0 aliphatic carbocycles. The Labute approximate surface area is 86.6 Å². The van der Waals surface area contributed by atoms with Gasteiger partial charge in [0.1, 0.15) is 0 Å². The van der Waals surface area contributed by atoms with Crippen molar-refractivity contribution in [2.45, 2.75) is 13.3 Å². The molecule has 0 bridgehead atoms. The number of carbonyl (C=O) groups excluding carboxylic acids is 1. The summed E-state index contributed by atoms with van der Waals surface area (Å²) < 4.78 is 0. The van der Waals surface area contributed by atoms with E-state index in [-0.39, 0.29) is 5.78 Å². The number of H-pyrrole nitrogens is 1. The highest BCUT2D eigenvalue weighted by Crippen LogP contribution is 2.20. The summed E-state index contributed by atoms with van der Waals surface area (Å²) in [5, 5.41) is 1.97. The van der Waals surface area contributed by atoms with Gasteiger partial charge in [-0.2, -0.15) is 0 Å². The van der Waals surface area contributed by atoms with Gasteiger partial charge in [0.25, 0.3) is 0 Å². The SMILES string of the molecule is CCc1ccsc1C(=O)c1cc[nH]c1. The lowest BCUT2D eigenvalue weighted by Gasteiger charge is -1.97. The highest BCUT2D eigenvalue weighted by atomic mass is 32.1. The number of ketones is 1. The van der Waals surface area contributed by atoms with Crippen LogP contribution in [0.4, 0.5) is 0 Å². The standard InChI is InChI=1S/C11H11NOS/c1-2-8-4-6-14-11(8)10(13)9-3-5-12-7-9/h3-7,12H,2H2,1H3. The van der Waals surface area contributed by atoms with E-state index in [4.69, 9.17) is 0 Å². The summed E-state index contributed by atoms with van der Waals surface area (Å²) >= 11 is 1.52. The van der Waals surface area contributed by atoms with E-state index in [1.807, 2.05) is 17.5 Å². The zero-order valence-corrected chi connectivity index (χ0v) is 8.73. The quantitative estimate of drug-likeness (QED) is 0.768. The van der Waals surface area contributed by atoms with Crippen molar-refractivity contribution in [3.8, 4) is 0 Å². The van der Waals surface area contributed by atoms with Crippen LogP contribution in [-0.4, -0.2) is 10.8 Å². The normalized spacial score (nSPS) is 10.4. The van der Waals surface area contributed by atoms with Crippen LogP contribution in [0.15, 0.2) is 29.9 Å². The van der Waals surface area contributed by atoms with Gasteiger partial charge in [-0.05, 0) is 29.5 Å². The third-order valence-corrected chi connectivity index (χ3v) is 3.15. The van der Waals surface area contributed by atoms with Crippen LogP contribution < -0.4 is 0 Å². The third-order valence-electron chi connectivity index (χ3n) is 2.19. The molecule has 2 aromatic heterocycles. The van der Waals surface area contributed by atoms with E-state index in [9.17, 15) is 4.79 Å². The Morgan fingerprint density at radius 1 is 1.50 bits per heavy atom. The van der Waals surface area contributed by atoms with Crippen LogP contribution in [0.25, 0.3) is 0 Å². The van der Waals surface area contributed by atoms with Gasteiger partial charge < -0.3 is 4.98 Å². The zero-order chi connectivity index (χ0) is 9.97. The van der Waals surface area contributed by atoms with Crippen LogP contribution in [0.2, 0.25) is 0 Å². The summed E-state index contributed by atoms with van der Waals surface area (Å²) in [4.78, 5) is 15.7. The molecule has 72 valence electrons. The maximum atomic E-state index is 11.9. The number of carbonyl (C=O) groups is 1. The van der Waals surface area contributed by atoms with E-state index in [1.54, 1.807) is 12.4 Å². The Hall–Kier alpha value is -1.35. The number of hydrogen-bond acceptors (Lipinski definition) is 2. The van der Waals surface area contributed by atoms with Crippen molar-refractivity contribution in [2.24, 2.45) is 0 Å². The molecule has 0 saturated heterocycles. The molecule has 2 heterocycles. The van der Waals surface area contributed by atoms with E-state index in [0.717, 1.165) is 22.4 Å². The fourth-order valence-electron chi connectivity index (χ4n) is 1.41. The minimum absolute atomic E-state index is 0.123. The second-order valence-electron chi connectivity index (χ2n) is 3.06. The van der Waals surface area contributed by atoms with Crippen LogP contribution in [0, 0.1) is 0 Å². The van der Waals surface area contributed by atoms with E-state index in [2.05, 4.69) is 11.9 Å². The van der Waals surface area contributed by atoms with Gasteiger partial charge in [0.05, 0.1) is 4.88 Å². The molecule has 0 aliphatic rings. The monoisotopic (exact) mass is 205 g/mol. The lowest BCUT2D eigenvalue weighted by molar-refractivity contribution is 0.104. The molecule has 0 radical (unpaired) electrons. The largest absolute Gasteiger partial charge is 0.367 e. The van der Waals surface area contributed by atoms with Crippen LogP contribution in [0.3, 0.4) is 0 Å². The predicted octanol–water partition coefficient (Wildman–Crippen LogP) is 2.87. The molecule has 0 amide bonds. The van der Waals surface area contributed by atoms with Crippen LogP contribution in [-0.2, 0) is 6.42 Å². The Morgan fingerprint density at radius 3 is 3.00 bits per heavy atom. The first-order chi connectivity index (χ1) is 6.83. The van der Waals surface area contributed by atoms with Crippen molar-refractivity contribution in [2.75, 3.05) is 0 Å². The van der Waals surface area contributed by atoms with Crippen molar-refractivity contribution in [3.05, 3.63) is 45.9 Å². The second kappa shape index (κ2) is 3.80. The zero-order valence-electron chi connectivity index (χ0n) is 7.91. The number of aromatic nitrogens is 1. The summed E-state index contributed by atoms with van der Waals surface area (Å²) in [5.41, 5.74) is 1.88. The van der Waals surface area contributed by atoms with Crippen LogP contribution in [0.5, 0.6) is 0 Å². The summed E-state index contributed by atoms with van der Waals surface area (Å²) in [7, 11) is 0. The molecule has 3 heteroatoms. The highest BCUT2D eigenvalue weighted by molar-refractivity contribution is 7.12. The maximum Gasteiger partial charge on any atom is 0.204 e. The molecule has 0 unspecified atom stereocenters. The molecule has 2 aromatic rings. The molecule has 0 spiro atoms. The van der Waals surface area contributed by atoms with E-state index in [1.165, 1.54) is 11.3 Å². The van der Waals surface area contributed by atoms with E-state index in [0.29, 0.717) is 0 Å². The molecule has 2 nitrogen and oxygen atoms in total. The van der Waals surface area contributed by atoms with Crippen molar-refractivity contribution < 1.29 is 4.79 Å². The molecule has 1 N–H and O–H groups in total. The van der Waals surface area contributed by atoms with E-state index < -0.39 is 0 Å². The van der Waals surface area contributed by atoms with Crippen LogP contribution in [0.1, 0.15) is 27.7 Å². The number of nitrogens with one attached hydrogen (secondary N) is 1. The van der Waals surface area contributed by atoms with Gasteiger partial charge in [0.2, 0.25) is 5.78 Å². The molecule has 0 aromatic carbocycles. The lowest BCUT2D eigenvalue weighted by atomic mass is 10.1. The minimum Gasteiger partial charge on any atom is -0.367 e. The number of rotatable bonds is 3. The molecule has 0 saturated carbocycles. The Bertz CT molecular complexity index is 428. The van der Waals surface area contributed by atoms with Gasteiger partial charge >= 0.3 is 0 Å². The van der Waals surface area contributed by atoms with Crippen molar-refractivity contribution >= 4 is 17.1 Å². The molecule has 0 fully saturated rings. The van der Waals surface area contributed by atoms with Crippen molar-refractivity contribution in [1.82, 2.24) is 4.98 Å². The second-order valence-corrected chi connectivity index (χ2v) is 3.97. The average Bonchev–Trinajstić information content (AvgIpc) is 2.87. The first-order valence-corrected chi connectivity index (χ1v) is 5.44. The van der Waals surface area contributed by atoms with Crippen LogP contribution >= 0.6 is 11.3 Å². The van der Waals surface area contributed by atoms with Gasteiger partial charge in [-0.25, -0.2) is 0 Å². The number of thiophene rings is 1. The van der Waals surface area contributed by atoms with Gasteiger partial charge in [-0.1, -0.05) is 6.92 Å². The third kappa shape index (κ3) is 1.51. The smallest absolute Gasteiger partial charge is 0.204 e. The van der Waals surface area contributed by atoms with Gasteiger partial charge in [-0.3, -0.25) is 4.79 Å². The number of aryl methyl sites for hydroxylation is 1. The number of hydrogen-bond donors (Lipinski definition) is 1. The first kappa shape index (κ1) is 9.21. The molecular weight excluding hydrogens is 194 g/mol. The summed E-state index contributed by atoms with van der Waals surface area (Å²) in [5.74, 6) is 0.123. The molecule has 2 rings (SSSR count). The lowest BCUT2D eigenvalue weighted by Crippen LogP contribution is -1.99. The summed E-state index contributed by atoms with van der Waals surface area (Å²) in [6.45, 7) is 2.07. The highest BCUT2D eigenvalue weighted by Gasteiger charge is 2.13. The minimum atomic E-state index is 0.123. The Kier molecular flexibility index (Phi) is 2.50. The maximum absolute atomic E-state index is 11.9. The molecular formula is C11H11NOS. The molecule has 14 heavy (non-hydrogen) atoms. The fourth-order valence-corrected chi connectivity index (χ4v) is 2.37. The average molecular weight is 205 g/mol. The topological polar surface area (TPSA) is 32.9 Å². The Morgan fingerprint density at radius 2 is 2.36 bits per heavy atom. The summed E-state index contributed by atoms with van der Waals surface area (Å²) in [6, 6.07) is 3.83. The van der Waals surface area contributed by atoms with Gasteiger partial charge in [0, 0.05) is 18.0 Å². The van der Waals surface area contributed by atoms with E-state index >= 15 is 0 Å². The Balaban J connectivity index is 2.36. The van der Waals surface area contributed by atoms with Crippen molar-refractivity contribution in [1.29, 1.82) is 0 Å². The van der Waals surface area contributed by atoms with Crippen molar-refractivity contribution in [3.63, 3.8) is 0 Å². The fraction of sp³-hybridized carbons (Fsp3) is 0.182. The van der Waals surface area contributed by atoms with Gasteiger partial charge in [0.15, 0.2) is 0 Å². The molecule has 0 aliphatic heterocycles. The summed E-state index contributed by atoms with van der Waals surface area (Å²) in [6.07, 6.45) is 4.42.